The Morgan fingerprint density at radius 2 is 2.17 bits per heavy atom. The molecule has 0 aromatic carbocycles. The molecule has 4 nitrogen and oxygen atoms in total. The molecule has 3 rings (SSSR count). The molecule has 0 N–H and O–H groups in total. The van der Waals surface area contributed by atoms with Gasteiger partial charge in [-0.15, -0.1) is 0 Å². The summed E-state index contributed by atoms with van der Waals surface area (Å²) in [4.78, 5) is 14.2. The monoisotopic (exact) mass is 244 g/mol. The van der Waals surface area contributed by atoms with E-state index in [0.29, 0.717) is 5.76 Å². The van der Waals surface area contributed by atoms with E-state index in [2.05, 4.69) is 23.8 Å². The van der Waals surface area contributed by atoms with Crippen molar-refractivity contribution in [1.82, 2.24) is 9.47 Å². The fourth-order valence-corrected chi connectivity index (χ4v) is 2.55. The van der Waals surface area contributed by atoms with Gasteiger partial charge >= 0.3 is 0 Å². The minimum atomic E-state index is -0.0250. The molecule has 2 aromatic rings. The highest BCUT2D eigenvalue weighted by atomic mass is 16.3. The van der Waals surface area contributed by atoms with Crippen LogP contribution in [-0.4, -0.2) is 21.9 Å². The number of aryl methyl sites for hydroxylation is 1. The van der Waals surface area contributed by atoms with E-state index in [0.717, 1.165) is 18.8 Å². The van der Waals surface area contributed by atoms with Crippen molar-refractivity contribution in [2.24, 2.45) is 0 Å². The minimum absolute atomic E-state index is 0.0250. The van der Waals surface area contributed by atoms with Crippen LogP contribution < -0.4 is 0 Å². The lowest BCUT2D eigenvalue weighted by molar-refractivity contribution is 0.0610. The Morgan fingerprint density at radius 1 is 1.33 bits per heavy atom. The fourth-order valence-electron chi connectivity index (χ4n) is 2.55. The van der Waals surface area contributed by atoms with Crippen LogP contribution in [0.2, 0.25) is 0 Å². The molecule has 1 amide bonds. The van der Waals surface area contributed by atoms with Crippen molar-refractivity contribution in [1.29, 1.82) is 0 Å². The number of carbonyl (C=O) groups is 1. The highest BCUT2D eigenvalue weighted by Gasteiger charge is 2.29. The normalized spacial score (nSPS) is 18.8. The van der Waals surface area contributed by atoms with E-state index >= 15 is 0 Å². The van der Waals surface area contributed by atoms with Crippen molar-refractivity contribution in [3.05, 3.63) is 47.7 Å². The summed E-state index contributed by atoms with van der Waals surface area (Å²) >= 11 is 0. The summed E-state index contributed by atoms with van der Waals surface area (Å²) in [6.45, 7) is 5.47. The lowest BCUT2D eigenvalue weighted by Gasteiger charge is -2.34. The highest BCUT2D eigenvalue weighted by Crippen LogP contribution is 2.27. The third kappa shape index (κ3) is 1.65. The molecule has 1 aliphatic rings. The number of furan rings is 1. The number of aromatic nitrogens is 1. The summed E-state index contributed by atoms with van der Waals surface area (Å²) in [6.07, 6.45) is 2.06. The van der Waals surface area contributed by atoms with E-state index in [1.165, 1.54) is 5.69 Å². The minimum Gasteiger partial charge on any atom is -0.456 e. The molecule has 0 aliphatic carbocycles. The average molecular weight is 244 g/mol. The zero-order chi connectivity index (χ0) is 12.7. The Hall–Kier alpha value is -1.97. The second-order valence-electron chi connectivity index (χ2n) is 4.71. The predicted octanol–water partition coefficient (Wildman–Crippen LogP) is 2.61. The predicted molar refractivity (Wildman–Crippen MR) is 67.3 cm³/mol. The summed E-state index contributed by atoms with van der Waals surface area (Å²) in [7, 11) is 0. The van der Waals surface area contributed by atoms with Gasteiger partial charge in [0.25, 0.3) is 5.91 Å². The van der Waals surface area contributed by atoms with Crippen molar-refractivity contribution >= 4 is 5.91 Å². The van der Waals surface area contributed by atoms with Crippen LogP contribution in [0.4, 0.5) is 0 Å². The molecule has 0 saturated heterocycles. The maximum absolute atomic E-state index is 12.4. The van der Waals surface area contributed by atoms with Crippen LogP contribution in [0.3, 0.4) is 0 Å². The van der Waals surface area contributed by atoms with Crippen LogP contribution in [0.1, 0.15) is 35.0 Å². The Bertz CT molecular complexity index is 582. The molecule has 1 atom stereocenters. The van der Waals surface area contributed by atoms with Gasteiger partial charge in [0.05, 0.1) is 6.04 Å². The van der Waals surface area contributed by atoms with E-state index in [1.807, 2.05) is 24.0 Å². The maximum atomic E-state index is 12.4. The van der Waals surface area contributed by atoms with Crippen molar-refractivity contribution in [3.8, 4) is 0 Å². The second-order valence-corrected chi connectivity index (χ2v) is 4.71. The maximum Gasteiger partial charge on any atom is 0.290 e. The number of carbonyl (C=O) groups excluding carboxylic acids is 1. The fraction of sp³-hybridized carbons (Fsp3) is 0.357. The Morgan fingerprint density at radius 3 is 2.89 bits per heavy atom. The van der Waals surface area contributed by atoms with Crippen LogP contribution in [0.5, 0.6) is 0 Å². The first-order valence-electron chi connectivity index (χ1n) is 6.19. The lowest BCUT2D eigenvalue weighted by atomic mass is 10.1. The van der Waals surface area contributed by atoms with Gasteiger partial charge in [-0.3, -0.25) is 4.79 Å². The number of fused-ring (bicyclic) bond motifs is 1. The average Bonchev–Trinajstić information content (AvgIpc) is 2.97. The number of hydrogen-bond acceptors (Lipinski definition) is 2. The molecule has 0 bridgehead atoms. The van der Waals surface area contributed by atoms with Gasteiger partial charge in [0.1, 0.15) is 5.76 Å². The van der Waals surface area contributed by atoms with Crippen LogP contribution >= 0.6 is 0 Å². The van der Waals surface area contributed by atoms with Gasteiger partial charge in [-0.25, -0.2) is 0 Å². The van der Waals surface area contributed by atoms with Gasteiger partial charge in [-0.2, -0.15) is 0 Å². The van der Waals surface area contributed by atoms with Gasteiger partial charge in [-0.05, 0) is 38.1 Å². The molecule has 18 heavy (non-hydrogen) atoms. The summed E-state index contributed by atoms with van der Waals surface area (Å²) in [5.41, 5.74) is 1.18. The topological polar surface area (TPSA) is 38.4 Å². The first kappa shape index (κ1) is 11.1. The molecule has 3 heterocycles. The van der Waals surface area contributed by atoms with Crippen molar-refractivity contribution in [2.45, 2.75) is 26.4 Å². The van der Waals surface area contributed by atoms with E-state index < -0.39 is 0 Å². The summed E-state index contributed by atoms with van der Waals surface area (Å²) in [6, 6.07) is 7.75. The molecule has 1 aliphatic heterocycles. The zero-order valence-corrected chi connectivity index (χ0v) is 10.6. The molecular formula is C14H16N2O2. The molecule has 0 spiro atoms. The van der Waals surface area contributed by atoms with Crippen LogP contribution in [0.15, 0.2) is 34.9 Å². The van der Waals surface area contributed by atoms with Crippen molar-refractivity contribution in [2.75, 3.05) is 6.54 Å². The van der Waals surface area contributed by atoms with Gasteiger partial charge < -0.3 is 13.9 Å². The van der Waals surface area contributed by atoms with Crippen molar-refractivity contribution in [3.63, 3.8) is 0 Å². The molecule has 1 unspecified atom stereocenters. The number of nitrogens with zero attached hydrogens (tertiary/aromatic N) is 2. The van der Waals surface area contributed by atoms with E-state index in [4.69, 9.17) is 4.42 Å². The Balaban J connectivity index is 1.88. The van der Waals surface area contributed by atoms with E-state index in [9.17, 15) is 4.79 Å². The Kier molecular flexibility index (Phi) is 2.51. The molecule has 0 saturated carbocycles. The van der Waals surface area contributed by atoms with Crippen LogP contribution in [-0.2, 0) is 6.54 Å². The summed E-state index contributed by atoms with van der Waals surface area (Å²) in [5.74, 6) is 1.17. The molecule has 2 aromatic heterocycles. The van der Waals surface area contributed by atoms with E-state index in [1.54, 1.807) is 6.07 Å². The molecule has 0 fully saturated rings. The third-order valence-corrected chi connectivity index (χ3v) is 3.55. The van der Waals surface area contributed by atoms with Crippen molar-refractivity contribution < 1.29 is 9.21 Å². The largest absolute Gasteiger partial charge is 0.456 e. The first-order valence-corrected chi connectivity index (χ1v) is 6.19. The second kappa shape index (κ2) is 4.05. The standard InChI is InChI=1S/C14H16N2O2/c1-10-5-6-13(18-10)14(17)16-9-8-15-7-3-4-12(15)11(16)2/h3-7,11H,8-9H2,1-2H3. The smallest absolute Gasteiger partial charge is 0.290 e. The number of rotatable bonds is 1. The third-order valence-electron chi connectivity index (χ3n) is 3.55. The van der Waals surface area contributed by atoms with Gasteiger partial charge in [0.2, 0.25) is 0 Å². The number of amides is 1. The summed E-state index contributed by atoms with van der Waals surface area (Å²) in [5, 5.41) is 0. The zero-order valence-electron chi connectivity index (χ0n) is 10.6. The summed E-state index contributed by atoms with van der Waals surface area (Å²) < 4.78 is 7.61. The van der Waals surface area contributed by atoms with Gasteiger partial charge in [0.15, 0.2) is 5.76 Å². The Labute approximate surface area is 106 Å². The highest BCUT2D eigenvalue weighted by molar-refractivity contribution is 5.91. The SMILES string of the molecule is Cc1ccc(C(=O)N2CCn3cccc3C2C)o1. The number of hydrogen-bond donors (Lipinski definition) is 0. The molecule has 94 valence electrons. The lowest BCUT2D eigenvalue weighted by Crippen LogP contribution is -2.40. The van der Waals surface area contributed by atoms with Crippen LogP contribution in [0, 0.1) is 6.92 Å². The molecule has 0 radical (unpaired) electrons. The van der Waals surface area contributed by atoms with Crippen LogP contribution in [0.25, 0.3) is 0 Å². The van der Waals surface area contributed by atoms with Gasteiger partial charge in [-0.1, -0.05) is 0 Å². The molecule has 4 heteroatoms. The first-order chi connectivity index (χ1) is 8.66. The van der Waals surface area contributed by atoms with Gasteiger partial charge in [0, 0.05) is 25.0 Å². The van der Waals surface area contributed by atoms with E-state index in [-0.39, 0.29) is 11.9 Å². The molecular weight excluding hydrogens is 228 g/mol. The quantitative estimate of drug-likeness (QED) is 0.773.